The van der Waals surface area contributed by atoms with Gasteiger partial charge in [0.25, 0.3) is 0 Å². The Labute approximate surface area is 116 Å². The third-order valence-corrected chi connectivity index (χ3v) is 3.03. The van der Waals surface area contributed by atoms with Gasteiger partial charge in [0.05, 0.1) is 5.56 Å². The molecule has 1 aromatic rings. The molecule has 0 saturated carbocycles. The lowest BCUT2D eigenvalue weighted by Crippen LogP contribution is -2.13. The van der Waals surface area contributed by atoms with Crippen molar-refractivity contribution in [1.29, 1.82) is 0 Å². The van der Waals surface area contributed by atoms with Gasteiger partial charge < -0.3 is 16.3 Å². The van der Waals surface area contributed by atoms with Gasteiger partial charge in [-0.15, -0.1) is 0 Å². The highest BCUT2D eigenvalue weighted by Gasteiger charge is 2.33. The topological polar surface area (TPSA) is 70.6 Å². The van der Waals surface area contributed by atoms with Crippen molar-refractivity contribution in [3.8, 4) is 0 Å². The Morgan fingerprint density at radius 1 is 1.42 bits per heavy atom. The van der Waals surface area contributed by atoms with E-state index in [0.717, 1.165) is 6.07 Å². The molecule has 1 rings (SSSR count). The van der Waals surface area contributed by atoms with E-state index in [1.54, 1.807) is 6.07 Å². The van der Waals surface area contributed by atoms with Gasteiger partial charge in [0.15, 0.2) is 0 Å². The summed E-state index contributed by atoms with van der Waals surface area (Å²) < 4.78 is 38.0. The van der Waals surface area contributed by atoms with Crippen molar-refractivity contribution in [3.05, 3.63) is 28.2 Å². The molecule has 0 aliphatic rings. The molecule has 19 heavy (non-hydrogen) atoms. The van der Waals surface area contributed by atoms with E-state index >= 15 is 0 Å². The second kappa shape index (κ2) is 6.65. The molecular formula is C11H13BrF3N3O. The zero-order chi connectivity index (χ0) is 14.5. The number of nitrogens with two attached hydrogens (primary N) is 1. The van der Waals surface area contributed by atoms with Crippen LogP contribution >= 0.6 is 15.9 Å². The van der Waals surface area contributed by atoms with Crippen molar-refractivity contribution in [2.45, 2.75) is 19.0 Å². The van der Waals surface area contributed by atoms with Gasteiger partial charge in [-0.3, -0.25) is 0 Å². The van der Waals surface area contributed by atoms with Crippen molar-refractivity contribution in [2.75, 3.05) is 11.9 Å². The predicted octanol–water partition coefficient (Wildman–Crippen LogP) is 3.41. The number of amidine groups is 1. The molecule has 8 heteroatoms. The molecule has 0 atom stereocenters. The zero-order valence-corrected chi connectivity index (χ0v) is 11.4. The number of alkyl halides is 3. The van der Waals surface area contributed by atoms with Gasteiger partial charge in [0.2, 0.25) is 0 Å². The van der Waals surface area contributed by atoms with Gasteiger partial charge in [-0.2, -0.15) is 13.2 Å². The number of anilines is 1. The Morgan fingerprint density at radius 3 is 2.68 bits per heavy atom. The Hall–Kier alpha value is -1.44. The molecule has 0 unspecified atom stereocenters. The minimum atomic E-state index is -4.40. The van der Waals surface area contributed by atoms with E-state index in [4.69, 9.17) is 10.9 Å². The number of benzene rings is 1. The number of halogens is 4. The summed E-state index contributed by atoms with van der Waals surface area (Å²) >= 11 is 2.87. The number of oxime groups is 1. The van der Waals surface area contributed by atoms with Crippen molar-refractivity contribution in [3.63, 3.8) is 0 Å². The monoisotopic (exact) mass is 339 g/mol. The first-order valence-electron chi connectivity index (χ1n) is 5.41. The van der Waals surface area contributed by atoms with Crippen LogP contribution in [0, 0.1) is 0 Å². The van der Waals surface area contributed by atoms with Crippen molar-refractivity contribution < 1.29 is 18.4 Å². The van der Waals surface area contributed by atoms with Gasteiger partial charge >= 0.3 is 6.18 Å². The van der Waals surface area contributed by atoms with Crippen LogP contribution in [-0.4, -0.2) is 17.6 Å². The molecule has 4 N–H and O–H groups in total. The first-order valence-corrected chi connectivity index (χ1v) is 6.21. The zero-order valence-electron chi connectivity index (χ0n) is 9.84. The average Bonchev–Trinajstić information content (AvgIpc) is 2.34. The summed E-state index contributed by atoms with van der Waals surface area (Å²) in [7, 11) is 0. The van der Waals surface area contributed by atoms with E-state index in [9.17, 15) is 13.2 Å². The second-order valence-corrected chi connectivity index (χ2v) is 4.67. The number of nitrogens with one attached hydrogen (secondary N) is 1. The molecule has 0 aliphatic carbocycles. The van der Waals surface area contributed by atoms with Crippen LogP contribution in [0.1, 0.15) is 18.4 Å². The molecule has 0 radical (unpaired) electrons. The lowest BCUT2D eigenvalue weighted by molar-refractivity contribution is -0.138. The molecule has 0 heterocycles. The van der Waals surface area contributed by atoms with E-state index < -0.39 is 11.7 Å². The van der Waals surface area contributed by atoms with Gasteiger partial charge in [-0.25, -0.2) is 0 Å². The third-order valence-electron chi connectivity index (χ3n) is 2.34. The summed E-state index contributed by atoms with van der Waals surface area (Å²) in [6.07, 6.45) is -3.48. The summed E-state index contributed by atoms with van der Waals surface area (Å²) in [6.45, 7) is 0.426. The number of nitrogens with zero attached hydrogens (tertiary/aromatic N) is 1. The minimum absolute atomic E-state index is 0.00204. The summed E-state index contributed by atoms with van der Waals surface area (Å²) in [5.74, 6) is 0.0913. The van der Waals surface area contributed by atoms with Crippen molar-refractivity contribution in [1.82, 2.24) is 0 Å². The predicted molar refractivity (Wildman–Crippen MR) is 70.3 cm³/mol. The third kappa shape index (κ3) is 4.98. The number of hydrogen-bond acceptors (Lipinski definition) is 3. The lowest BCUT2D eigenvalue weighted by atomic mass is 10.2. The number of hydrogen-bond donors (Lipinski definition) is 3. The highest BCUT2D eigenvalue weighted by molar-refractivity contribution is 9.10. The van der Waals surface area contributed by atoms with Crippen LogP contribution < -0.4 is 11.1 Å². The molecule has 0 saturated heterocycles. The maximum atomic E-state index is 12.7. The van der Waals surface area contributed by atoms with Crippen LogP contribution in [0.25, 0.3) is 0 Å². The fraction of sp³-hybridized carbons (Fsp3) is 0.364. The van der Waals surface area contributed by atoms with E-state index in [0.29, 0.717) is 25.1 Å². The molecule has 0 aromatic heterocycles. The molecule has 0 spiro atoms. The van der Waals surface area contributed by atoms with Gasteiger partial charge in [0.1, 0.15) is 5.84 Å². The molecule has 106 valence electrons. The fourth-order valence-corrected chi connectivity index (χ4v) is 1.88. The molecule has 0 amide bonds. The summed E-state index contributed by atoms with van der Waals surface area (Å²) in [4.78, 5) is 0. The van der Waals surface area contributed by atoms with Crippen LogP contribution in [0.5, 0.6) is 0 Å². The summed E-state index contributed by atoms with van der Waals surface area (Å²) in [5, 5.41) is 14.0. The van der Waals surface area contributed by atoms with Crippen LogP contribution in [0.3, 0.4) is 0 Å². The molecule has 0 fully saturated rings. The van der Waals surface area contributed by atoms with Crippen molar-refractivity contribution >= 4 is 27.5 Å². The fourth-order valence-electron chi connectivity index (χ4n) is 1.40. The van der Waals surface area contributed by atoms with Gasteiger partial charge in [-0.1, -0.05) is 21.1 Å². The second-order valence-electron chi connectivity index (χ2n) is 3.81. The Balaban J connectivity index is 2.61. The maximum Gasteiger partial charge on any atom is 0.417 e. The first-order chi connectivity index (χ1) is 8.84. The van der Waals surface area contributed by atoms with Crippen LogP contribution in [-0.2, 0) is 6.18 Å². The number of rotatable bonds is 5. The van der Waals surface area contributed by atoms with E-state index in [-0.39, 0.29) is 10.3 Å². The van der Waals surface area contributed by atoms with E-state index in [1.807, 2.05) is 0 Å². The van der Waals surface area contributed by atoms with E-state index in [2.05, 4.69) is 26.4 Å². The van der Waals surface area contributed by atoms with Crippen LogP contribution in [0.2, 0.25) is 0 Å². The molecule has 0 bridgehead atoms. The average molecular weight is 340 g/mol. The van der Waals surface area contributed by atoms with Gasteiger partial charge in [-0.05, 0) is 24.6 Å². The molecule has 1 aromatic carbocycles. The standard InChI is InChI=1S/C11H13BrF3N3O/c12-9-4-3-7(6-8(9)11(13,14)15)17-5-1-2-10(16)18-19/h3-4,6,17,19H,1-2,5H2,(H2,16,18). The normalized spacial score (nSPS) is 12.5. The highest BCUT2D eigenvalue weighted by Crippen LogP contribution is 2.36. The Bertz CT molecular complexity index is 463. The lowest BCUT2D eigenvalue weighted by Gasteiger charge is -2.12. The van der Waals surface area contributed by atoms with Crippen LogP contribution in [0.4, 0.5) is 18.9 Å². The summed E-state index contributed by atoms with van der Waals surface area (Å²) in [6, 6.07) is 3.92. The first kappa shape index (κ1) is 15.6. The quantitative estimate of drug-likeness (QED) is 0.253. The molecule has 0 aliphatic heterocycles. The minimum Gasteiger partial charge on any atom is -0.409 e. The molecule has 4 nitrogen and oxygen atoms in total. The smallest absolute Gasteiger partial charge is 0.409 e. The SMILES string of the molecule is NC(CCCNc1ccc(Br)c(C(F)(F)F)c1)=NO. The maximum absolute atomic E-state index is 12.7. The largest absolute Gasteiger partial charge is 0.417 e. The Morgan fingerprint density at radius 2 is 2.11 bits per heavy atom. The van der Waals surface area contributed by atoms with Gasteiger partial charge in [0, 0.05) is 23.1 Å². The highest BCUT2D eigenvalue weighted by atomic mass is 79.9. The summed E-state index contributed by atoms with van der Waals surface area (Å²) in [5.41, 5.74) is 4.91. The van der Waals surface area contributed by atoms with E-state index in [1.165, 1.54) is 6.07 Å². The van der Waals surface area contributed by atoms with Crippen LogP contribution in [0.15, 0.2) is 27.8 Å². The van der Waals surface area contributed by atoms with Crippen molar-refractivity contribution in [2.24, 2.45) is 10.9 Å². The molecular weight excluding hydrogens is 327 g/mol. The Kier molecular flexibility index (Phi) is 5.46.